The van der Waals surface area contributed by atoms with Crippen molar-refractivity contribution in [3.63, 3.8) is 0 Å². The highest BCUT2D eigenvalue weighted by atomic mass is 32.2. The van der Waals surface area contributed by atoms with E-state index in [0.717, 1.165) is 22.0 Å². The van der Waals surface area contributed by atoms with Gasteiger partial charge >= 0.3 is 0 Å². The summed E-state index contributed by atoms with van der Waals surface area (Å²) < 4.78 is 0. The van der Waals surface area contributed by atoms with Crippen molar-refractivity contribution in [2.75, 3.05) is 10.6 Å². The van der Waals surface area contributed by atoms with E-state index in [4.69, 9.17) is 0 Å². The maximum Gasteiger partial charge on any atom is 0.257 e. The van der Waals surface area contributed by atoms with Gasteiger partial charge in [-0.2, -0.15) is 0 Å². The van der Waals surface area contributed by atoms with Crippen LogP contribution in [-0.4, -0.2) is 21.8 Å². The van der Waals surface area contributed by atoms with Crippen LogP contribution >= 0.6 is 23.1 Å². The fourth-order valence-corrected chi connectivity index (χ4v) is 4.41. The molecule has 0 aliphatic carbocycles. The van der Waals surface area contributed by atoms with Gasteiger partial charge in [-0.05, 0) is 42.0 Å². The minimum Gasteiger partial charge on any atom is -0.326 e. The maximum absolute atomic E-state index is 12.5. The molecule has 6 nitrogen and oxygen atoms in total. The van der Waals surface area contributed by atoms with Crippen LogP contribution in [0.3, 0.4) is 0 Å². The summed E-state index contributed by atoms with van der Waals surface area (Å²) in [7, 11) is 0. The lowest BCUT2D eigenvalue weighted by molar-refractivity contribution is -0.115. The third-order valence-electron chi connectivity index (χ3n) is 4.39. The lowest BCUT2D eigenvalue weighted by atomic mass is 10.2. The van der Waals surface area contributed by atoms with Gasteiger partial charge < -0.3 is 5.32 Å². The van der Waals surface area contributed by atoms with E-state index >= 15 is 0 Å². The van der Waals surface area contributed by atoms with Crippen LogP contribution in [0, 0.1) is 0 Å². The number of nitrogens with zero attached hydrogens (tertiary/aromatic N) is 2. The van der Waals surface area contributed by atoms with Crippen LogP contribution < -0.4 is 10.6 Å². The summed E-state index contributed by atoms with van der Waals surface area (Å²) in [5.41, 5.74) is 3.00. The number of rotatable bonds is 8. The molecule has 32 heavy (non-hydrogen) atoms. The number of pyridine rings is 1. The summed E-state index contributed by atoms with van der Waals surface area (Å²) in [6, 6.07) is 22.5. The number of thioether (sulfide) groups is 1. The van der Waals surface area contributed by atoms with E-state index < -0.39 is 0 Å². The van der Waals surface area contributed by atoms with Crippen molar-refractivity contribution in [3.05, 3.63) is 101 Å². The molecular formula is C24H20N4O2S2. The zero-order chi connectivity index (χ0) is 22.2. The fraction of sp³-hybridized carbons (Fsp3) is 0.0833. The van der Waals surface area contributed by atoms with Crippen molar-refractivity contribution in [1.82, 2.24) is 9.97 Å². The van der Waals surface area contributed by atoms with Gasteiger partial charge in [0.15, 0.2) is 5.13 Å². The predicted octanol–water partition coefficient (Wildman–Crippen LogP) is 5.26. The van der Waals surface area contributed by atoms with Crippen LogP contribution in [0.2, 0.25) is 0 Å². The van der Waals surface area contributed by atoms with E-state index in [1.807, 2.05) is 48.5 Å². The monoisotopic (exact) mass is 460 g/mol. The normalized spacial score (nSPS) is 10.5. The average Bonchev–Trinajstić information content (AvgIpc) is 3.25. The van der Waals surface area contributed by atoms with Gasteiger partial charge in [-0.3, -0.25) is 14.9 Å². The first kappa shape index (κ1) is 21.7. The number of thiazole rings is 1. The second-order valence-electron chi connectivity index (χ2n) is 6.85. The smallest absolute Gasteiger partial charge is 0.257 e. The number of amides is 2. The molecule has 0 atom stereocenters. The van der Waals surface area contributed by atoms with Crippen LogP contribution in [0.5, 0.6) is 0 Å². The van der Waals surface area contributed by atoms with Crippen LogP contribution in [0.4, 0.5) is 10.8 Å². The van der Waals surface area contributed by atoms with Crippen molar-refractivity contribution in [1.29, 1.82) is 0 Å². The summed E-state index contributed by atoms with van der Waals surface area (Å²) in [5, 5.41) is 8.89. The van der Waals surface area contributed by atoms with Gasteiger partial charge in [-0.15, -0.1) is 23.1 Å². The minimum atomic E-state index is -0.226. The summed E-state index contributed by atoms with van der Waals surface area (Å²) in [5.74, 6) is 0.374. The molecule has 0 fully saturated rings. The number of anilines is 2. The Balaban J connectivity index is 1.30. The second kappa shape index (κ2) is 10.7. The molecule has 0 saturated carbocycles. The fourth-order valence-electron chi connectivity index (χ4n) is 2.90. The molecule has 0 radical (unpaired) electrons. The Morgan fingerprint density at radius 3 is 2.59 bits per heavy atom. The number of carbonyl (C=O) groups is 2. The molecule has 0 saturated heterocycles. The topological polar surface area (TPSA) is 84.0 Å². The van der Waals surface area contributed by atoms with Crippen LogP contribution in [0.15, 0.2) is 89.4 Å². The van der Waals surface area contributed by atoms with Crippen LogP contribution in [0.25, 0.3) is 0 Å². The molecular weight excluding hydrogens is 440 g/mol. The number of hydrogen-bond acceptors (Lipinski definition) is 6. The van der Waals surface area contributed by atoms with E-state index in [1.165, 1.54) is 11.3 Å². The quantitative estimate of drug-likeness (QED) is 0.350. The molecule has 2 aromatic heterocycles. The van der Waals surface area contributed by atoms with Gasteiger partial charge in [0.25, 0.3) is 5.91 Å². The molecule has 2 aromatic carbocycles. The molecule has 0 spiro atoms. The van der Waals surface area contributed by atoms with E-state index in [0.29, 0.717) is 16.4 Å². The van der Waals surface area contributed by atoms with Gasteiger partial charge in [-0.25, -0.2) is 9.97 Å². The molecule has 2 N–H and O–H groups in total. The van der Waals surface area contributed by atoms with E-state index in [2.05, 4.69) is 20.6 Å². The molecule has 0 bridgehead atoms. The van der Waals surface area contributed by atoms with Crippen molar-refractivity contribution in [3.8, 4) is 0 Å². The first-order chi connectivity index (χ1) is 15.7. The Kier molecular flexibility index (Phi) is 7.27. The van der Waals surface area contributed by atoms with E-state index in [1.54, 1.807) is 47.6 Å². The van der Waals surface area contributed by atoms with Crippen molar-refractivity contribution < 1.29 is 9.59 Å². The Morgan fingerprint density at radius 1 is 0.938 bits per heavy atom. The third kappa shape index (κ3) is 6.26. The predicted molar refractivity (Wildman–Crippen MR) is 129 cm³/mol. The van der Waals surface area contributed by atoms with Gasteiger partial charge in [-0.1, -0.05) is 36.4 Å². The highest BCUT2D eigenvalue weighted by Gasteiger charge is 2.11. The van der Waals surface area contributed by atoms with Crippen molar-refractivity contribution in [2.24, 2.45) is 0 Å². The maximum atomic E-state index is 12.5. The largest absolute Gasteiger partial charge is 0.326 e. The standard InChI is InChI=1S/C24H20N4O2S2/c29-21(14-20-16-32-24(27-20)28-23(30)18-8-2-1-3-9-18)26-19-10-6-7-17(13-19)15-31-22-11-4-5-12-25-22/h1-13,16H,14-15H2,(H,26,29)(H,27,28,30). The van der Waals surface area contributed by atoms with E-state index in [-0.39, 0.29) is 18.2 Å². The Bertz CT molecular complexity index is 1200. The van der Waals surface area contributed by atoms with Crippen LogP contribution in [0.1, 0.15) is 21.6 Å². The molecule has 2 amide bonds. The summed E-state index contributed by atoms with van der Waals surface area (Å²) in [4.78, 5) is 33.4. The summed E-state index contributed by atoms with van der Waals surface area (Å²) >= 11 is 2.94. The first-order valence-corrected chi connectivity index (χ1v) is 11.8. The second-order valence-corrected chi connectivity index (χ2v) is 8.70. The van der Waals surface area contributed by atoms with Gasteiger partial charge in [0.05, 0.1) is 17.1 Å². The molecule has 8 heteroatoms. The van der Waals surface area contributed by atoms with Gasteiger partial charge in [0, 0.05) is 28.6 Å². The van der Waals surface area contributed by atoms with Gasteiger partial charge in [0.2, 0.25) is 5.91 Å². The zero-order valence-electron chi connectivity index (χ0n) is 17.0. The number of hydrogen-bond donors (Lipinski definition) is 2. The third-order valence-corrected chi connectivity index (χ3v) is 6.21. The summed E-state index contributed by atoms with van der Waals surface area (Å²) in [6.45, 7) is 0. The SMILES string of the molecule is O=C(Cc1csc(NC(=O)c2ccccc2)n1)Nc1cccc(CSc2ccccn2)c1. The Hall–Kier alpha value is -3.49. The zero-order valence-corrected chi connectivity index (χ0v) is 18.7. The average molecular weight is 461 g/mol. The molecule has 4 rings (SSSR count). The number of aromatic nitrogens is 2. The molecule has 0 aliphatic rings. The first-order valence-electron chi connectivity index (χ1n) is 9.89. The van der Waals surface area contributed by atoms with Gasteiger partial charge in [0.1, 0.15) is 0 Å². The number of benzene rings is 2. The minimum absolute atomic E-state index is 0.130. The van der Waals surface area contributed by atoms with Crippen molar-refractivity contribution >= 4 is 45.7 Å². The highest BCUT2D eigenvalue weighted by Crippen LogP contribution is 2.22. The Labute approximate surface area is 194 Å². The van der Waals surface area contributed by atoms with E-state index in [9.17, 15) is 9.59 Å². The Morgan fingerprint density at radius 2 is 1.78 bits per heavy atom. The number of carbonyl (C=O) groups excluding carboxylic acids is 2. The molecule has 0 unspecified atom stereocenters. The lowest BCUT2D eigenvalue weighted by Gasteiger charge is -2.07. The lowest BCUT2D eigenvalue weighted by Crippen LogP contribution is -2.15. The number of nitrogens with one attached hydrogen (secondary N) is 2. The van der Waals surface area contributed by atoms with Crippen molar-refractivity contribution in [2.45, 2.75) is 17.2 Å². The highest BCUT2D eigenvalue weighted by molar-refractivity contribution is 7.98. The van der Waals surface area contributed by atoms with Crippen LogP contribution in [-0.2, 0) is 17.0 Å². The molecule has 160 valence electrons. The molecule has 2 heterocycles. The summed E-state index contributed by atoms with van der Waals surface area (Å²) in [6.07, 6.45) is 1.90. The molecule has 4 aromatic rings. The molecule has 0 aliphatic heterocycles.